The fourth-order valence-corrected chi connectivity index (χ4v) is 3.09. The molecule has 2 aromatic carbocycles. The van der Waals surface area contributed by atoms with Gasteiger partial charge in [0.05, 0.1) is 16.7 Å². The Morgan fingerprint density at radius 1 is 1.25 bits per heavy atom. The van der Waals surface area contributed by atoms with E-state index in [1.807, 2.05) is 16.7 Å². The van der Waals surface area contributed by atoms with Crippen LogP contribution in [-0.2, 0) is 6.42 Å². The summed E-state index contributed by atoms with van der Waals surface area (Å²) in [4.78, 5) is 3.06. The van der Waals surface area contributed by atoms with E-state index < -0.39 is 0 Å². The largest absolute Gasteiger partial charge is 0.330 e. The van der Waals surface area contributed by atoms with Crippen LogP contribution < -0.4 is 0 Å². The second-order valence-electron chi connectivity index (χ2n) is 4.55. The quantitative estimate of drug-likeness (QED) is 0.633. The molecule has 0 aliphatic carbocycles. The molecule has 0 amide bonds. The van der Waals surface area contributed by atoms with Crippen molar-refractivity contribution < 1.29 is 4.39 Å². The lowest BCUT2D eigenvalue weighted by Crippen LogP contribution is -1.99. The minimum absolute atomic E-state index is 0.271. The molecule has 0 unspecified atom stereocenters. The Labute approximate surface area is 129 Å². The van der Waals surface area contributed by atoms with Crippen molar-refractivity contribution in [3.8, 4) is 5.69 Å². The lowest BCUT2D eigenvalue weighted by Gasteiger charge is -2.10. The SMILES string of the molecule is CCc1cc(Br)ccc1-n1c(=S)[nH]c2cc(F)ccc21. The number of nitrogens with one attached hydrogen (secondary N) is 1. The number of rotatable bonds is 2. The standard InChI is InChI=1S/C15H12BrFN2S/c1-2-9-7-10(16)3-5-13(9)19-14-6-4-11(17)8-12(14)18-15(19)20/h3-8H,2H2,1H3,(H,18,20). The van der Waals surface area contributed by atoms with Gasteiger partial charge in [0.15, 0.2) is 4.77 Å². The van der Waals surface area contributed by atoms with E-state index in [-0.39, 0.29) is 5.82 Å². The molecule has 3 aromatic rings. The van der Waals surface area contributed by atoms with E-state index in [1.54, 1.807) is 6.07 Å². The van der Waals surface area contributed by atoms with Gasteiger partial charge >= 0.3 is 0 Å². The topological polar surface area (TPSA) is 20.7 Å². The Hall–Kier alpha value is -1.46. The molecule has 0 aliphatic rings. The molecule has 2 nitrogen and oxygen atoms in total. The first-order chi connectivity index (χ1) is 9.60. The van der Waals surface area contributed by atoms with E-state index in [1.165, 1.54) is 17.7 Å². The molecule has 20 heavy (non-hydrogen) atoms. The maximum absolute atomic E-state index is 13.3. The second kappa shape index (κ2) is 5.14. The molecule has 102 valence electrons. The zero-order chi connectivity index (χ0) is 14.3. The summed E-state index contributed by atoms with van der Waals surface area (Å²) in [5.74, 6) is -0.271. The first-order valence-corrected chi connectivity index (χ1v) is 7.49. The van der Waals surface area contributed by atoms with Crippen LogP contribution in [0.25, 0.3) is 16.7 Å². The molecule has 1 heterocycles. The van der Waals surface area contributed by atoms with Gasteiger partial charge in [-0.15, -0.1) is 0 Å². The van der Waals surface area contributed by atoms with Crippen molar-refractivity contribution >= 4 is 39.2 Å². The highest BCUT2D eigenvalue weighted by Gasteiger charge is 2.10. The van der Waals surface area contributed by atoms with E-state index >= 15 is 0 Å². The van der Waals surface area contributed by atoms with Gasteiger partial charge in [-0.05, 0) is 60.6 Å². The molecule has 0 fully saturated rings. The molecular formula is C15H12BrFN2S. The predicted octanol–water partition coefficient (Wildman–Crippen LogP) is 5.15. The molecule has 3 rings (SSSR count). The molecule has 0 radical (unpaired) electrons. The minimum Gasteiger partial charge on any atom is -0.330 e. The summed E-state index contributed by atoms with van der Waals surface area (Å²) in [5.41, 5.74) is 3.80. The average molecular weight is 351 g/mol. The Balaban J connectivity index is 2.35. The van der Waals surface area contributed by atoms with E-state index in [0.717, 1.165) is 22.1 Å². The van der Waals surface area contributed by atoms with Crippen molar-refractivity contribution in [1.29, 1.82) is 0 Å². The summed E-state index contributed by atoms with van der Waals surface area (Å²) in [6.45, 7) is 2.10. The number of fused-ring (bicyclic) bond motifs is 1. The molecular weight excluding hydrogens is 339 g/mol. The first-order valence-electron chi connectivity index (χ1n) is 6.29. The van der Waals surface area contributed by atoms with Crippen LogP contribution in [0, 0.1) is 10.6 Å². The van der Waals surface area contributed by atoms with Gasteiger partial charge in [-0.25, -0.2) is 4.39 Å². The molecule has 0 spiro atoms. The third-order valence-corrected chi connectivity index (χ3v) is 4.09. The van der Waals surface area contributed by atoms with Gasteiger partial charge in [0.25, 0.3) is 0 Å². The highest BCUT2D eigenvalue weighted by Crippen LogP contribution is 2.25. The van der Waals surface area contributed by atoms with E-state index in [9.17, 15) is 4.39 Å². The van der Waals surface area contributed by atoms with Gasteiger partial charge < -0.3 is 4.98 Å². The Bertz CT molecular complexity index is 851. The van der Waals surface area contributed by atoms with Crippen LogP contribution in [0.3, 0.4) is 0 Å². The number of nitrogens with zero attached hydrogens (tertiary/aromatic N) is 1. The van der Waals surface area contributed by atoms with Crippen molar-refractivity contribution in [2.24, 2.45) is 0 Å². The Kier molecular flexibility index (Phi) is 3.48. The summed E-state index contributed by atoms with van der Waals surface area (Å²) in [5, 5.41) is 0. The molecule has 0 atom stereocenters. The molecule has 0 saturated heterocycles. The third kappa shape index (κ3) is 2.21. The van der Waals surface area contributed by atoms with Crippen molar-refractivity contribution in [2.45, 2.75) is 13.3 Å². The van der Waals surface area contributed by atoms with E-state index in [2.05, 4.69) is 33.9 Å². The van der Waals surface area contributed by atoms with Crippen LogP contribution in [-0.4, -0.2) is 9.55 Å². The van der Waals surface area contributed by atoms with Gasteiger partial charge in [0.1, 0.15) is 5.82 Å². The lowest BCUT2D eigenvalue weighted by molar-refractivity contribution is 0.629. The maximum Gasteiger partial charge on any atom is 0.182 e. The molecule has 0 bridgehead atoms. The number of imidazole rings is 1. The second-order valence-corrected chi connectivity index (χ2v) is 5.86. The van der Waals surface area contributed by atoms with Gasteiger partial charge in [0.2, 0.25) is 0 Å². The smallest absolute Gasteiger partial charge is 0.182 e. The molecule has 1 N–H and O–H groups in total. The zero-order valence-electron chi connectivity index (χ0n) is 10.8. The van der Waals surface area contributed by atoms with Gasteiger partial charge in [-0.1, -0.05) is 22.9 Å². The summed E-state index contributed by atoms with van der Waals surface area (Å²) in [6.07, 6.45) is 0.893. The molecule has 1 aromatic heterocycles. The summed E-state index contributed by atoms with van der Waals surface area (Å²) < 4.78 is 16.9. The predicted molar refractivity (Wildman–Crippen MR) is 85.5 cm³/mol. The van der Waals surface area contributed by atoms with Gasteiger partial charge in [0, 0.05) is 4.47 Å². The maximum atomic E-state index is 13.3. The molecule has 5 heteroatoms. The van der Waals surface area contributed by atoms with Crippen LogP contribution in [0.5, 0.6) is 0 Å². The highest BCUT2D eigenvalue weighted by atomic mass is 79.9. The zero-order valence-corrected chi connectivity index (χ0v) is 13.2. The van der Waals surface area contributed by atoms with Crippen LogP contribution >= 0.6 is 28.1 Å². The summed E-state index contributed by atoms with van der Waals surface area (Å²) >= 11 is 8.88. The number of aryl methyl sites for hydroxylation is 1. The van der Waals surface area contributed by atoms with Crippen molar-refractivity contribution in [3.63, 3.8) is 0 Å². The Morgan fingerprint density at radius 3 is 2.80 bits per heavy atom. The molecule has 0 aliphatic heterocycles. The highest BCUT2D eigenvalue weighted by molar-refractivity contribution is 9.10. The van der Waals surface area contributed by atoms with E-state index in [4.69, 9.17) is 12.2 Å². The number of halogens is 2. The lowest BCUT2D eigenvalue weighted by atomic mass is 10.1. The summed E-state index contributed by atoms with van der Waals surface area (Å²) in [6, 6.07) is 10.8. The van der Waals surface area contributed by atoms with Crippen LogP contribution in [0.4, 0.5) is 4.39 Å². The first kappa shape index (κ1) is 13.5. The van der Waals surface area contributed by atoms with Crippen LogP contribution in [0.1, 0.15) is 12.5 Å². The fourth-order valence-electron chi connectivity index (χ4n) is 2.38. The van der Waals surface area contributed by atoms with Gasteiger partial charge in [-0.3, -0.25) is 4.57 Å². The molecule has 0 saturated carbocycles. The van der Waals surface area contributed by atoms with E-state index in [0.29, 0.717) is 10.3 Å². The van der Waals surface area contributed by atoms with Crippen molar-refractivity contribution in [3.05, 3.63) is 57.0 Å². The van der Waals surface area contributed by atoms with Crippen LogP contribution in [0.2, 0.25) is 0 Å². The van der Waals surface area contributed by atoms with Gasteiger partial charge in [-0.2, -0.15) is 0 Å². The summed E-state index contributed by atoms with van der Waals surface area (Å²) in [7, 11) is 0. The monoisotopic (exact) mass is 350 g/mol. The fraction of sp³-hybridized carbons (Fsp3) is 0.133. The number of benzene rings is 2. The Morgan fingerprint density at radius 2 is 2.05 bits per heavy atom. The number of aromatic amines is 1. The third-order valence-electron chi connectivity index (χ3n) is 3.31. The minimum atomic E-state index is -0.271. The number of H-pyrrole nitrogens is 1. The average Bonchev–Trinajstić information content (AvgIpc) is 2.73. The number of hydrogen-bond acceptors (Lipinski definition) is 1. The van der Waals surface area contributed by atoms with Crippen molar-refractivity contribution in [2.75, 3.05) is 0 Å². The normalized spacial score (nSPS) is 11.2. The van der Waals surface area contributed by atoms with Crippen molar-refractivity contribution in [1.82, 2.24) is 9.55 Å². The van der Waals surface area contributed by atoms with Crippen LogP contribution in [0.15, 0.2) is 40.9 Å². The number of hydrogen-bond donors (Lipinski definition) is 1. The number of aromatic nitrogens is 2.